The van der Waals surface area contributed by atoms with Crippen molar-refractivity contribution in [1.82, 2.24) is 10.2 Å². The van der Waals surface area contributed by atoms with Crippen LogP contribution in [0.25, 0.3) is 0 Å². The average molecular weight is 328 g/mol. The van der Waals surface area contributed by atoms with Gasteiger partial charge in [-0.05, 0) is 72.3 Å². The number of likely N-dealkylation sites (tertiary alicyclic amines) is 1. The van der Waals surface area contributed by atoms with Gasteiger partial charge in [-0.2, -0.15) is 0 Å². The second kappa shape index (κ2) is 9.48. The lowest BCUT2D eigenvalue weighted by Gasteiger charge is -2.38. The molecule has 1 heterocycles. The fourth-order valence-corrected chi connectivity index (χ4v) is 3.02. The van der Waals surface area contributed by atoms with E-state index in [4.69, 9.17) is 9.84 Å². The molecule has 0 aromatic carbocycles. The number of nitrogens with zero attached hydrogens (tertiary/aromatic N) is 1. The fourth-order valence-electron chi connectivity index (χ4n) is 3.02. The second-order valence-electron chi connectivity index (χ2n) is 7.99. The number of carbonyl (C=O) groups is 1. The van der Waals surface area contributed by atoms with Gasteiger partial charge >= 0.3 is 6.09 Å². The van der Waals surface area contributed by atoms with Crippen molar-refractivity contribution in [2.45, 2.75) is 84.4 Å². The molecular weight excluding hydrogens is 292 g/mol. The molecule has 0 bridgehead atoms. The largest absolute Gasteiger partial charge is 0.444 e. The summed E-state index contributed by atoms with van der Waals surface area (Å²) in [5.74, 6) is 0.468. The summed E-state index contributed by atoms with van der Waals surface area (Å²) in [4.78, 5) is 14.3. The van der Waals surface area contributed by atoms with Crippen molar-refractivity contribution in [2.75, 3.05) is 19.7 Å². The quantitative estimate of drug-likeness (QED) is 0.753. The molecule has 136 valence electrons. The second-order valence-corrected chi connectivity index (χ2v) is 7.99. The summed E-state index contributed by atoms with van der Waals surface area (Å²) < 4.78 is 5.56. The lowest BCUT2D eigenvalue weighted by Crippen LogP contribution is -2.48. The monoisotopic (exact) mass is 328 g/mol. The van der Waals surface area contributed by atoms with Crippen LogP contribution in [0, 0.1) is 5.92 Å². The van der Waals surface area contributed by atoms with Crippen molar-refractivity contribution in [3.63, 3.8) is 0 Å². The Morgan fingerprint density at radius 2 is 2.04 bits per heavy atom. The van der Waals surface area contributed by atoms with Crippen molar-refractivity contribution in [3.8, 4) is 0 Å². The van der Waals surface area contributed by atoms with E-state index in [0.717, 1.165) is 38.8 Å². The van der Waals surface area contributed by atoms with Gasteiger partial charge in [-0.1, -0.05) is 6.92 Å². The Morgan fingerprint density at radius 3 is 2.65 bits per heavy atom. The van der Waals surface area contributed by atoms with Gasteiger partial charge in [0.05, 0.1) is 0 Å². The summed E-state index contributed by atoms with van der Waals surface area (Å²) in [5.41, 5.74) is -0.442. The topological polar surface area (TPSA) is 61.8 Å². The molecule has 0 radical (unpaired) electrons. The van der Waals surface area contributed by atoms with Crippen LogP contribution in [-0.2, 0) is 4.74 Å². The van der Waals surface area contributed by atoms with Crippen LogP contribution >= 0.6 is 0 Å². The third kappa shape index (κ3) is 8.02. The molecule has 1 saturated heterocycles. The Balaban J connectivity index is 2.49. The minimum absolute atomic E-state index is 0.178. The molecule has 1 aliphatic rings. The van der Waals surface area contributed by atoms with Crippen LogP contribution in [0.1, 0.15) is 66.7 Å². The molecule has 0 aromatic rings. The maximum Gasteiger partial charge on any atom is 0.410 e. The molecule has 1 fully saturated rings. The zero-order valence-corrected chi connectivity index (χ0v) is 15.6. The molecule has 0 aromatic heterocycles. The third-order valence-corrected chi connectivity index (χ3v) is 4.32. The van der Waals surface area contributed by atoms with E-state index in [2.05, 4.69) is 19.2 Å². The molecule has 0 spiro atoms. The van der Waals surface area contributed by atoms with Crippen LogP contribution in [0.4, 0.5) is 4.79 Å². The highest BCUT2D eigenvalue weighted by atomic mass is 16.6. The first-order chi connectivity index (χ1) is 10.7. The van der Waals surface area contributed by atoms with Crippen LogP contribution in [0.15, 0.2) is 0 Å². The van der Waals surface area contributed by atoms with Gasteiger partial charge in [-0.25, -0.2) is 4.79 Å². The first-order valence-electron chi connectivity index (χ1n) is 9.06. The molecule has 3 unspecified atom stereocenters. The first kappa shape index (κ1) is 20.2. The zero-order chi connectivity index (χ0) is 17.5. The minimum Gasteiger partial charge on any atom is -0.444 e. The summed E-state index contributed by atoms with van der Waals surface area (Å²) in [5, 5.41) is 12.5. The van der Waals surface area contributed by atoms with E-state index >= 15 is 0 Å². The van der Waals surface area contributed by atoms with Crippen LogP contribution in [0.3, 0.4) is 0 Å². The van der Waals surface area contributed by atoms with E-state index in [9.17, 15) is 4.79 Å². The van der Waals surface area contributed by atoms with Gasteiger partial charge in [0.15, 0.2) is 0 Å². The van der Waals surface area contributed by atoms with Gasteiger partial charge in [0.25, 0.3) is 0 Å². The predicted molar refractivity (Wildman–Crippen MR) is 93.5 cm³/mol. The molecular formula is C18H36N2O3. The van der Waals surface area contributed by atoms with Gasteiger partial charge in [-0.15, -0.1) is 0 Å². The molecule has 1 aliphatic heterocycles. The van der Waals surface area contributed by atoms with Crippen LogP contribution < -0.4 is 5.32 Å². The maximum absolute atomic E-state index is 12.4. The normalized spacial score (nSPS) is 21.8. The Hall–Kier alpha value is -0.810. The number of ether oxygens (including phenoxy) is 1. The highest BCUT2D eigenvalue weighted by Crippen LogP contribution is 2.23. The molecule has 1 amide bonds. The highest BCUT2D eigenvalue weighted by molar-refractivity contribution is 5.68. The lowest BCUT2D eigenvalue weighted by atomic mass is 9.96. The molecule has 0 aliphatic carbocycles. The third-order valence-electron chi connectivity index (χ3n) is 4.32. The summed E-state index contributed by atoms with van der Waals surface area (Å²) in [6.07, 6.45) is 4.89. The van der Waals surface area contributed by atoms with Crippen LogP contribution in [0.5, 0.6) is 0 Å². The molecule has 5 nitrogen and oxygen atoms in total. The Bertz CT molecular complexity index is 355. The van der Waals surface area contributed by atoms with Gasteiger partial charge < -0.3 is 20.1 Å². The standard InChI is InChI=1S/C18H36N2O3/c1-14(9-11-21)13-19-15(2)12-16-8-6-7-10-20(16)17(22)23-18(3,4)5/h14-16,19,21H,6-13H2,1-5H3. The number of hydrogen-bond donors (Lipinski definition) is 2. The van der Waals surface area contributed by atoms with Crippen molar-refractivity contribution >= 4 is 6.09 Å². The molecule has 0 saturated carbocycles. The van der Waals surface area contributed by atoms with Gasteiger partial charge in [0, 0.05) is 25.2 Å². The molecule has 23 heavy (non-hydrogen) atoms. The van der Waals surface area contributed by atoms with E-state index in [1.807, 2.05) is 25.7 Å². The molecule has 3 atom stereocenters. The summed E-state index contributed by atoms with van der Waals surface area (Å²) in [6, 6.07) is 0.610. The van der Waals surface area contributed by atoms with Crippen molar-refractivity contribution in [1.29, 1.82) is 0 Å². The smallest absolute Gasteiger partial charge is 0.410 e. The summed E-state index contributed by atoms with van der Waals surface area (Å²) in [6.45, 7) is 12.0. The number of nitrogens with one attached hydrogen (secondary N) is 1. The zero-order valence-electron chi connectivity index (χ0n) is 15.6. The Kier molecular flexibility index (Phi) is 8.34. The summed E-state index contributed by atoms with van der Waals surface area (Å²) in [7, 11) is 0. The average Bonchev–Trinajstić information content (AvgIpc) is 2.44. The number of aliphatic hydroxyl groups is 1. The van der Waals surface area contributed by atoms with Crippen molar-refractivity contribution < 1.29 is 14.6 Å². The summed E-state index contributed by atoms with van der Waals surface area (Å²) >= 11 is 0. The first-order valence-corrected chi connectivity index (χ1v) is 9.06. The van der Waals surface area contributed by atoms with E-state index in [1.165, 1.54) is 6.42 Å². The van der Waals surface area contributed by atoms with E-state index < -0.39 is 5.60 Å². The van der Waals surface area contributed by atoms with E-state index in [0.29, 0.717) is 12.0 Å². The molecule has 1 rings (SSSR count). The van der Waals surface area contributed by atoms with Crippen LogP contribution in [0.2, 0.25) is 0 Å². The van der Waals surface area contributed by atoms with Gasteiger partial charge in [-0.3, -0.25) is 0 Å². The van der Waals surface area contributed by atoms with E-state index in [-0.39, 0.29) is 18.7 Å². The minimum atomic E-state index is -0.442. The van der Waals surface area contributed by atoms with Crippen molar-refractivity contribution in [2.24, 2.45) is 5.92 Å². The van der Waals surface area contributed by atoms with Crippen LogP contribution in [-0.4, -0.2) is 53.5 Å². The predicted octanol–water partition coefficient (Wildman–Crippen LogP) is 3.16. The molecule has 2 N–H and O–H groups in total. The Morgan fingerprint density at radius 1 is 1.35 bits per heavy atom. The highest BCUT2D eigenvalue weighted by Gasteiger charge is 2.31. The van der Waals surface area contributed by atoms with Crippen molar-refractivity contribution in [3.05, 3.63) is 0 Å². The SMILES string of the molecule is CC(CCO)CNC(C)CC1CCCCN1C(=O)OC(C)(C)C. The Labute approximate surface area is 141 Å². The van der Waals surface area contributed by atoms with Gasteiger partial charge in [0.1, 0.15) is 5.60 Å². The number of amides is 1. The molecule has 5 heteroatoms. The number of rotatable bonds is 7. The number of carbonyl (C=O) groups excluding carboxylic acids is 1. The lowest BCUT2D eigenvalue weighted by molar-refractivity contribution is 0.00785. The fraction of sp³-hybridized carbons (Fsp3) is 0.944. The number of aliphatic hydroxyl groups excluding tert-OH is 1. The number of piperidine rings is 1. The van der Waals surface area contributed by atoms with E-state index in [1.54, 1.807) is 0 Å². The number of hydrogen-bond acceptors (Lipinski definition) is 4. The maximum atomic E-state index is 12.4. The van der Waals surface area contributed by atoms with Gasteiger partial charge in [0.2, 0.25) is 0 Å².